The molecule has 2 N–H and O–H groups in total. The number of halogens is 1. The highest BCUT2D eigenvalue weighted by Gasteiger charge is 2.12. The monoisotopic (exact) mass is 383 g/mol. The number of carbonyl (C=O) groups excluding carboxylic acids is 1. The Labute approximate surface area is 130 Å². The molecule has 0 saturated carbocycles. The lowest BCUT2D eigenvalue weighted by Crippen LogP contribution is -2.12. The van der Waals surface area contributed by atoms with Crippen LogP contribution in [0.4, 0.5) is 5.69 Å². The lowest BCUT2D eigenvalue weighted by molar-refractivity contribution is 0.102. The molecule has 0 spiro atoms. The molecule has 104 valence electrons. The highest BCUT2D eigenvalue weighted by Crippen LogP contribution is 2.22. The molecule has 4 nitrogen and oxygen atoms in total. The third kappa shape index (κ3) is 3.63. The van der Waals surface area contributed by atoms with Gasteiger partial charge in [-0.15, -0.1) is 0 Å². The van der Waals surface area contributed by atoms with Crippen molar-refractivity contribution in [2.75, 3.05) is 11.9 Å². The molecule has 0 aromatic heterocycles. The van der Waals surface area contributed by atoms with Gasteiger partial charge < -0.3 is 15.2 Å². The number of phenols is 1. The number of hydrogen-bond donors (Lipinski definition) is 2. The summed E-state index contributed by atoms with van der Waals surface area (Å²) in [4.78, 5) is 12.1. The van der Waals surface area contributed by atoms with E-state index in [-0.39, 0.29) is 17.2 Å². The lowest BCUT2D eigenvalue weighted by atomic mass is 10.2. The Morgan fingerprint density at radius 2 is 2.10 bits per heavy atom. The van der Waals surface area contributed by atoms with E-state index in [1.807, 2.05) is 13.0 Å². The van der Waals surface area contributed by atoms with Crippen LogP contribution in [0, 0.1) is 3.57 Å². The molecular weight excluding hydrogens is 369 g/mol. The average Bonchev–Trinajstić information content (AvgIpc) is 2.42. The number of anilines is 1. The van der Waals surface area contributed by atoms with Gasteiger partial charge >= 0.3 is 0 Å². The van der Waals surface area contributed by atoms with Gasteiger partial charge in [0.1, 0.15) is 11.5 Å². The van der Waals surface area contributed by atoms with Crippen LogP contribution < -0.4 is 10.1 Å². The van der Waals surface area contributed by atoms with Crippen molar-refractivity contribution in [1.82, 2.24) is 0 Å². The second-order valence-electron chi connectivity index (χ2n) is 4.08. The standard InChI is InChI=1S/C15H14INO3/c1-2-20-12-5-3-4-11(9-12)17-15(19)13-8-10(16)6-7-14(13)18/h3-9,18H,2H2,1H3,(H,17,19). The van der Waals surface area contributed by atoms with Gasteiger partial charge in [-0.25, -0.2) is 0 Å². The predicted octanol–water partition coefficient (Wildman–Crippen LogP) is 3.65. The first-order chi connectivity index (χ1) is 9.60. The Morgan fingerprint density at radius 1 is 1.30 bits per heavy atom. The number of carbonyl (C=O) groups is 1. The maximum absolute atomic E-state index is 12.1. The highest BCUT2D eigenvalue weighted by molar-refractivity contribution is 14.1. The van der Waals surface area contributed by atoms with Crippen molar-refractivity contribution in [3.8, 4) is 11.5 Å². The maximum Gasteiger partial charge on any atom is 0.259 e. The summed E-state index contributed by atoms with van der Waals surface area (Å²) >= 11 is 2.09. The summed E-state index contributed by atoms with van der Waals surface area (Å²) in [7, 11) is 0. The number of nitrogens with one attached hydrogen (secondary N) is 1. The van der Waals surface area contributed by atoms with E-state index in [9.17, 15) is 9.90 Å². The number of ether oxygens (including phenoxy) is 1. The van der Waals surface area contributed by atoms with Crippen molar-refractivity contribution < 1.29 is 14.6 Å². The molecule has 0 aliphatic carbocycles. The smallest absolute Gasteiger partial charge is 0.259 e. The summed E-state index contributed by atoms with van der Waals surface area (Å²) in [5, 5.41) is 12.5. The maximum atomic E-state index is 12.1. The molecule has 0 unspecified atom stereocenters. The molecule has 2 rings (SSSR count). The van der Waals surface area contributed by atoms with Crippen molar-refractivity contribution in [3.63, 3.8) is 0 Å². The molecule has 0 saturated heterocycles. The molecule has 0 atom stereocenters. The molecule has 2 aromatic rings. The van der Waals surface area contributed by atoms with Crippen LogP contribution in [0.1, 0.15) is 17.3 Å². The number of amides is 1. The van der Waals surface area contributed by atoms with Crippen molar-refractivity contribution in [2.24, 2.45) is 0 Å². The Bertz CT molecular complexity index is 628. The molecule has 2 aromatic carbocycles. The largest absolute Gasteiger partial charge is 0.507 e. The average molecular weight is 383 g/mol. The number of rotatable bonds is 4. The molecule has 0 fully saturated rings. The fourth-order valence-corrected chi connectivity index (χ4v) is 2.21. The molecule has 20 heavy (non-hydrogen) atoms. The zero-order valence-electron chi connectivity index (χ0n) is 10.9. The van der Waals surface area contributed by atoms with Gasteiger partial charge in [0.15, 0.2) is 0 Å². The summed E-state index contributed by atoms with van der Waals surface area (Å²) in [6, 6.07) is 12.0. The Morgan fingerprint density at radius 3 is 2.85 bits per heavy atom. The van der Waals surface area contributed by atoms with E-state index in [1.54, 1.807) is 30.3 Å². The zero-order chi connectivity index (χ0) is 14.5. The second-order valence-corrected chi connectivity index (χ2v) is 5.32. The van der Waals surface area contributed by atoms with Gasteiger partial charge in [0.2, 0.25) is 0 Å². The van der Waals surface area contributed by atoms with E-state index in [0.29, 0.717) is 18.0 Å². The van der Waals surface area contributed by atoms with Crippen LogP contribution in [0.3, 0.4) is 0 Å². The van der Waals surface area contributed by atoms with E-state index in [0.717, 1.165) is 3.57 Å². The van der Waals surface area contributed by atoms with Gasteiger partial charge in [-0.2, -0.15) is 0 Å². The summed E-state index contributed by atoms with van der Waals surface area (Å²) in [6.45, 7) is 2.46. The normalized spacial score (nSPS) is 10.1. The van der Waals surface area contributed by atoms with Gasteiger partial charge in [-0.05, 0) is 59.8 Å². The number of aromatic hydroxyl groups is 1. The first-order valence-corrected chi connectivity index (χ1v) is 7.20. The van der Waals surface area contributed by atoms with Crippen LogP contribution in [-0.4, -0.2) is 17.6 Å². The van der Waals surface area contributed by atoms with Gasteiger partial charge in [0.25, 0.3) is 5.91 Å². The summed E-state index contributed by atoms with van der Waals surface area (Å²) in [6.07, 6.45) is 0. The van der Waals surface area contributed by atoms with E-state index in [2.05, 4.69) is 27.9 Å². The third-order valence-electron chi connectivity index (χ3n) is 2.61. The quantitative estimate of drug-likeness (QED) is 0.793. The number of benzene rings is 2. The van der Waals surface area contributed by atoms with Gasteiger partial charge in [0.05, 0.1) is 12.2 Å². The first kappa shape index (κ1) is 14.6. The molecule has 1 amide bonds. The van der Waals surface area contributed by atoms with E-state index < -0.39 is 0 Å². The summed E-state index contributed by atoms with van der Waals surface area (Å²) in [5.41, 5.74) is 0.873. The van der Waals surface area contributed by atoms with Crippen LogP contribution in [0.25, 0.3) is 0 Å². The molecular formula is C15H14INO3. The molecule has 0 aliphatic heterocycles. The second kappa shape index (κ2) is 6.60. The van der Waals surface area contributed by atoms with Crippen LogP contribution in [0.15, 0.2) is 42.5 Å². The topological polar surface area (TPSA) is 58.6 Å². The summed E-state index contributed by atoms with van der Waals surface area (Å²) < 4.78 is 6.26. The minimum absolute atomic E-state index is 0.0381. The summed E-state index contributed by atoms with van der Waals surface area (Å²) in [5.74, 6) is 0.302. The van der Waals surface area contributed by atoms with Crippen molar-refractivity contribution >= 4 is 34.2 Å². The lowest BCUT2D eigenvalue weighted by Gasteiger charge is -2.09. The third-order valence-corrected chi connectivity index (χ3v) is 3.28. The van der Waals surface area contributed by atoms with Crippen molar-refractivity contribution in [3.05, 3.63) is 51.6 Å². The Hall–Kier alpha value is -1.76. The van der Waals surface area contributed by atoms with E-state index in [4.69, 9.17) is 4.74 Å². The van der Waals surface area contributed by atoms with E-state index >= 15 is 0 Å². The minimum atomic E-state index is -0.352. The SMILES string of the molecule is CCOc1cccc(NC(=O)c2cc(I)ccc2O)c1. The van der Waals surface area contributed by atoms with Gasteiger partial charge in [-0.3, -0.25) is 4.79 Å². The molecule has 0 aliphatic rings. The zero-order valence-corrected chi connectivity index (χ0v) is 13.0. The molecule has 0 bridgehead atoms. The molecule has 5 heteroatoms. The van der Waals surface area contributed by atoms with Gasteiger partial charge in [0, 0.05) is 15.3 Å². The van der Waals surface area contributed by atoms with Crippen LogP contribution >= 0.6 is 22.6 Å². The van der Waals surface area contributed by atoms with Gasteiger partial charge in [-0.1, -0.05) is 6.07 Å². The number of phenolic OH excluding ortho intramolecular Hbond substituents is 1. The fraction of sp³-hybridized carbons (Fsp3) is 0.133. The van der Waals surface area contributed by atoms with E-state index in [1.165, 1.54) is 6.07 Å². The van der Waals surface area contributed by atoms with Crippen LogP contribution in [-0.2, 0) is 0 Å². The minimum Gasteiger partial charge on any atom is -0.507 e. The van der Waals surface area contributed by atoms with Crippen molar-refractivity contribution in [2.45, 2.75) is 6.92 Å². The molecule has 0 radical (unpaired) electrons. The number of hydrogen-bond acceptors (Lipinski definition) is 3. The predicted molar refractivity (Wildman–Crippen MR) is 86.4 cm³/mol. The van der Waals surface area contributed by atoms with Crippen LogP contribution in [0.2, 0.25) is 0 Å². The fourth-order valence-electron chi connectivity index (χ4n) is 1.72. The Kier molecular flexibility index (Phi) is 4.84. The van der Waals surface area contributed by atoms with Crippen molar-refractivity contribution in [1.29, 1.82) is 0 Å². The highest BCUT2D eigenvalue weighted by atomic mass is 127. The molecule has 0 heterocycles. The Balaban J connectivity index is 2.19. The first-order valence-electron chi connectivity index (χ1n) is 6.13. The van der Waals surface area contributed by atoms with Crippen LogP contribution in [0.5, 0.6) is 11.5 Å².